The number of benzene rings is 3. The Morgan fingerprint density at radius 1 is 0.979 bits per heavy atom. The molecule has 1 fully saturated rings. The third-order valence-corrected chi connectivity index (χ3v) is 11.7. The van der Waals surface area contributed by atoms with Gasteiger partial charge in [0.25, 0.3) is 5.91 Å². The first-order valence-corrected chi connectivity index (χ1v) is 19.4. The standard InChI is InChI=1S/C38H50N2O5S2.Li/c1-27-11-9-10-14-32(27)34-25-29(15-20-33(34)36(41)39-35(37(42)43)22-24-46-5)26-40(23-21-28-12-7-6-8-13-28)47(44,45)31-18-16-30(17-19-31)38(2,3)4;/h9-11,14-20,25,28,35H,6-8,12-13,21-24,26H2,1-5H3,(H,39,41)(H,42,43);/q;+1/p-1. The molecule has 0 aromatic heterocycles. The normalized spacial score (nSPS) is 14.7. The van der Waals surface area contributed by atoms with Gasteiger partial charge in [0.1, 0.15) is 0 Å². The Labute approximate surface area is 303 Å². The molecule has 1 N–H and O–H groups in total. The van der Waals surface area contributed by atoms with Crippen molar-refractivity contribution in [2.24, 2.45) is 5.92 Å². The predicted molar refractivity (Wildman–Crippen MR) is 190 cm³/mol. The molecule has 1 aliphatic carbocycles. The van der Waals surface area contributed by atoms with Crippen LogP contribution in [0.25, 0.3) is 11.1 Å². The van der Waals surface area contributed by atoms with Crippen LogP contribution < -0.4 is 29.3 Å². The zero-order valence-electron chi connectivity index (χ0n) is 29.4. The second kappa shape index (κ2) is 17.9. The number of carboxylic acid groups (broad SMARTS) is 1. The summed E-state index contributed by atoms with van der Waals surface area (Å²) in [6.07, 6.45) is 8.78. The van der Waals surface area contributed by atoms with Crippen molar-refractivity contribution < 1.29 is 42.0 Å². The van der Waals surface area contributed by atoms with Gasteiger partial charge in [0.05, 0.1) is 16.9 Å². The Kier molecular flexibility index (Phi) is 14.9. The van der Waals surface area contributed by atoms with Crippen LogP contribution in [0, 0.1) is 12.8 Å². The molecule has 3 aromatic carbocycles. The van der Waals surface area contributed by atoms with Gasteiger partial charge in [-0.05, 0) is 95.2 Å². The molecular formula is C38H49LiN2O5S2. The minimum absolute atomic E-state index is 0. The molecule has 254 valence electrons. The quantitative estimate of drug-likeness (QED) is 0.260. The molecule has 0 aliphatic heterocycles. The number of aryl methyl sites for hydroxylation is 1. The molecule has 7 nitrogen and oxygen atoms in total. The molecule has 0 bridgehead atoms. The third-order valence-electron chi connectivity index (χ3n) is 9.19. The number of rotatable bonds is 14. The maximum Gasteiger partial charge on any atom is 1.00 e. The summed E-state index contributed by atoms with van der Waals surface area (Å²) < 4.78 is 30.0. The summed E-state index contributed by atoms with van der Waals surface area (Å²) in [6.45, 7) is 8.81. The number of nitrogens with zero attached hydrogens (tertiary/aromatic N) is 1. The Morgan fingerprint density at radius 2 is 1.65 bits per heavy atom. The predicted octanol–water partition coefficient (Wildman–Crippen LogP) is 3.73. The average molecular weight is 685 g/mol. The summed E-state index contributed by atoms with van der Waals surface area (Å²) in [5.74, 6) is -0.769. The minimum atomic E-state index is -3.83. The fourth-order valence-electron chi connectivity index (χ4n) is 6.27. The first kappa shape index (κ1) is 39.9. The number of carboxylic acids is 1. The van der Waals surface area contributed by atoms with E-state index in [0.717, 1.165) is 41.5 Å². The maximum absolute atomic E-state index is 14.2. The fraction of sp³-hybridized carbons (Fsp3) is 0.474. The molecule has 1 aliphatic rings. The SMILES string of the molecule is CSCCC(NC(=O)c1ccc(CN(CCC2CCCCC2)S(=O)(=O)c2ccc(C(C)(C)C)cc2)cc1-c1ccccc1C)C(=O)[O-].[Li+]. The number of carbonyl (C=O) groups is 2. The molecule has 10 heteroatoms. The van der Waals surface area contributed by atoms with Gasteiger partial charge < -0.3 is 15.2 Å². The van der Waals surface area contributed by atoms with Crippen molar-refractivity contribution in [2.75, 3.05) is 18.6 Å². The van der Waals surface area contributed by atoms with Crippen molar-refractivity contribution in [3.63, 3.8) is 0 Å². The molecule has 0 heterocycles. The largest absolute Gasteiger partial charge is 1.00 e. The van der Waals surface area contributed by atoms with Crippen molar-refractivity contribution >= 4 is 33.7 Å². The molecule has 4 rings (SSSR count). The molecule has 0 saturated heterocycles. The zero-order valence-corrected chi connectivity index (χ0v) is 31.0. The van der Waals surface area contributed by atoms with E-state index in [1.807, 2.05) is 55.6 Å². The Morgan fingerprint density at radius 3 is 2.25 bits per heavy atom. The van der Waals surface area contributed by atoms with Gasteiger partial charge >= 0.3 is 18.9 Å². The number of hydrogen-bond donors (Lipinski definition) is 1. The number of aliphatic carboxylic acids is 1. The van der Waals surface area contributed by atoms with Crippen LogP contribution in [0.4, 0.5) is 0 Å². The molecule has 0 spiro atoms. The van der Waals surface area contributed by atoms with Gasteiger partial charge in [0.15, 0.2) is 0 Å². The Hall–Kier alpha value is -2.54. The van der Waals surface area contributed by atoms with E-state index in [0.29, 0.717) is 29.3 Å². The van der Waals surface area contributed by atoms with E-state index in [1.54, 1.807) is 28.6 Å². The van der Waals surface area contributed by atoms with Crippen LogP contribution in [-0.4, -0.2) is 49.2 Å². The second-order valence-electron chi connectivity index (χ2n) is 13.7. The molecule has 3 aromatic rings. The number of hydrogen-bond acceptors (Lipinski definition) is 6. The van der Waals surface area contributed by atoms with Gasteiger partial charge in [0.2, 0.25) is 10.0 Å². The van der Waals surface area contributed by atoms with Gasteiger partial charge in [-0.1, -0.05) is 95.3 Å². The maximum atomic E-state index is 14.2. The number of sulfonamides is 1. The molecule has 1 atom stereocenters. The van der Waals surface area contributed by atoms with Gasteiger partial charge in [-0.3, -0.25) is 4.79 Å². The van der Waals surface area contributed by atoms with Crippen LogP contribution >= 0.6 is 11.8 Å². The van der Waals surface area contributed by atoms with Crippen molar-refractivity contribution in [3.05, 3.63) is 89.0 Å². The monoisotopic (exact) mass is 684 g/mol. The molecule has 1 saturated carbocycles. The van der Waals surface area contributed by atoms with Gasteiger partial charge in [-0.2, -0.15) is 16.1 Å². The molecule has 1 unspecified atom stereocenters. The minimum Gasteiger partial charge on any atom is -0.548 e. The summed E-state index contributed by atoms with van der Waals surface area (Å²) >= 11 is 1.50. The van der Waals surface area contributed by atoms with Crippen LogP contribution in [0.2, 0.25) is 0 Å². The summed E-state index contributed by atoms with van der Waals surface area (Å²) in [7, 11) is -3.83. The Bertz CT molecular complexity index is 1630. The molecule has 0 radical (unpaired) electrons. The molecule has 1 amide bonds. The van der Waals surface area contributed by atoms with Crippen LogP contribution in [0.15, 0.2) is 71.6 Å². The number of thioether (sulfide) groups is 1. The number of nitrogens with one attached hydrogen (secondary N) is 1. The van der Waals surface area contributed by atoms with E-state index in [-0.39, 0.29) is 42.1 Å². The van der Waals surface area contributed by atoms with Crippen LogP contribution in [0.3, 0.4) is 0 Å². The van der Waals surface area contributed by atoms with Gasteiger partial charge in [-0.25, -0.2) is 8.42 Å². The van der Waals surface area contributed by atoms with Crippen LogP contribution in [0.1, 0.15) is 92.8 Å². The van der Waals surface area contributed by atoms with E-state index in [2.05, 4.69) is 26.1 Å². The van der Waals surface area contributed by atoms with Crippen molar-refractivity contribution in [3.8, 4) is 11.1 Å². The summed E-state index contributed by atoms with van der Waals surface area (Å²) in [6, 6.07) is 19.1. The fourth-order valence-corrected chi connectivity index (χ4v) is 8.19. The van der Waals surface area contributed by atoms with Crippen molar-refractivity contribution in [2.45, 2.75) is 95.5 Å². The summed E-state index contributed by atoms with van der Waals surface area (Å²) in [4.78, 5) is 25.6. The van der Waals surface area contributed by atoms with E-state index < -0.39 is 27.9 Å². The van der Waals surface area contributed by atoms with Gasteiger partial charge in [-0.15, -0.1) is 0 Å². The Balaban J connectivity index is 0.00000625. The van der Waals surface area contributed by atoms with Crippen molar-refractivity contribution in [1.82, 2.24) is 9.62 Å². The third kappa shape index (κ3) is 10.5. The first-order chi connectivity index (χ1) is 22.3. The smallest absolute Gasteiger partial charge is 0.548 e. The van der Waals surface area contributed by atoms with E-state index in [4.69, 9.17) is 0 Å². The summed E-state index contributed by atoms with van der Waals surface area (Å²) in [5, 5.41) is 14.5. The molecule has 48 heavy (non-hydrogen) atoms. The number of amides is 1. The average Bonchev–Trinajstić information content (AvgIpc) is 3.05. The van der Waals surface area contributed by atoms with Gasteiger partial charge in [0, 0.05) is 18.7 Å². The summed E-state index contributed by atoms with van der Waals surface area (Å²) in [5.41, 5.74) is 4.43. The second-order valence-corrected chi connectivity index (χ2v) is 16.7. The van der Waals surface area contributed by atoms with E-state index in [9.17, 15) is 23.1 Å². The topological polar surface area (TPSA) is 107 Å². The zero-order chi connectivity index (χ0) is 34.2. The van der Waals surface area contributed by atoms with Crippen molar-refractivity contribution in [1.29, 1.82) is 0 Å². The van der Waals surface area contributed by atoms with E-state index in [1.165, 1.54) is 31.0 Å². The molecular weight excluding hydrogens is 636 g/mol. The van der Waals surface area contributed by atoms with E-state index >= 15 is 0 Å². The van der Waals surface area contributed by atoms with Crippen LogP contribution in [0.5, 0.6) is 0 Å². The number of carbonyl (C=O) groups excluding carboxylic acids is 2. The first-order valence-electron chi connectivity index (χ1n) is 16.6. The van der Waals surface area contributed by atoms with Crippen LogP contribution in [-0.2, 0) is 26.8 Å².